The Bertz CT molecular complexity index is 418. The summed E-state index contributed by atoms with van der Waals surface area (Å²) in [5.41, 5.74) is 3.06. The van der Waals surface area contributed by atoms with E-state index < -0.39 is 0 Å². The van der Waals surface area contributed by atoms with Crippen LogP contribution in [0.4, 0.5) is 0 Å². The van der Waals surface area contributed by atoms with Gasteiger partial charge >= 0.3 is 0 Å². The molecule has 1 aromatic rings. The van der Waals surface area contributed by atoms with Gasteiger partial charge in [0.05, 0.1) is 0 Å². The topological polar surface area (TPSA) is 3.24 Å². The molecule has 3 heteroatoms. The molecule has 0 N–H and O–H groups in total. The largest absolute Gasteiger partial charge is 0.306 e. The molecule has 114 valence electrons. The van der Waals surface area contributed by atoms with Gasteiger partial charge < -0.3 is 4.90 Å². The highest BCUT2D eigenvalue weighted by Gasteiger charge is 2.45. The molecule has 0 bridgehead atoms. The third-order valence-corrected chi connectivity index (χ3v) is 4.90. The Kier molecular flexibility index (Phi) is 6.37. The Morgan fingerprint density at radius 3 is 2.30 bits per heavy atom. The van der Waals surface area contributed by atoms with Crippen molar-refractivity contribution >= 4 is 24.0 Å². The van der Waals surface area contributed by atoms with Gasteiger partial charge in [-0.1, -0.05) is 37.4 Å². The molecule has 1 saturated carbocycles. The van der Waals surface area contributed by atoms with E-state index >= 15 is 0 Å². The lowest BCUT2D eigenvalue weighted by atomic mass is 9.59. The molecule has 0 aliphatic heterocycles. The SMILES string of the molecule is CCCC(N(C)C)C1(c2cc(C)cc(Cl)c2)CCC1.Cl. The molecule has 1 nitrogen and oxygen atoms in total. The molecule has 0 saturated heterocycles. The summed E-state index contributed by atoms with van der Waals surface area (Å²) in [5, 5.41) is 0.885. The van der Waals surface area contributed by atoms with Gasteiger partial charge in [0.25, 0.3) is 0 Å². The second-order valence-electron chi connectivity index (χ2n) is 6.30. The van der Waals surface area contributed by atoms with E-state index in [-0.39, 0.29) is 12.4 Å². The molecular weight excluding hydrogens is 289 g/mol. The number of nitrogens with zero attached hydrogens (tertiary/aromatic N) is 1. The maximum absolute atomic E-state index is 6.28. The smallest absolute Gasteiger partial charge is 0.0411 e. The Labute approximate surface area is 135 Å². The van der Waals surface area contributed by atoms with Gasteiger partial charge in [-0.3, -0.25) is 0 Å². The minimum Gasteiger partial charge on any atom is -0.306 e. The van der Waals surface area contributed by atoms with Gasteiger partial charge in [0.15, 0.2) is 0 Å². The number of benzene rings is 1. The Morgan fingerprint density at radius 1 is 1.25 bits per heavy atom. The maximum atomic E-state index is 6.28. The van der Waals surface area contributed by atoms with Crippen molar-refractivity contribution in [1.82, 2.24) is 4.90 Å². The van der Waals surface area contributed by atoms with Crippen LogP contribution in [0.5, 0.6) is 0 Å². The molecule has 0 radical (unpaired) electrons. The first-order chi connectivity index (χ1) is 8.99. The van der Waals surface area contributed by atoms with Crippen molar-refractivity contribution in [2.45, 2.75) is 57.4 Å². The van der Waals surface area contributed by atoms with Gasteiger partial charge in [0, 0.05) is 16.5 Å². The zero-order valence-corrected chi connectivity index (χ0v) is 14.7. The molecule has 0 spiro atoms. The predicted octanol–water partition coefficient (Wildman–Crippen LogP) is 5.22. The van der Waals surface area contributed by atoms with Crippen molar-refractivity contribution in [3.8, 4) is 0 Å². The minimum absolute atomic E-state index is 0. The highest BCUT2D eigenvalue weighted by Crippen LogP contribution is 2.49. The summed E-state index contributed by atoms with van der Waals surface area (Å²) in [6.45, 7) is 4.43. The van der Waals surface area contributed by atoms with Crippen molar-refractivity contribution in [2.75, 3.05) is 14.1 Å². The molecule has 1 aliphatic rings. The van der Waals surface area contributed by atoms with Crippen LogP contribution in [0.1, 0.15) is 50.2 Å². The molecule has 0 aromatic heterocycles. The Balaban J connectivity index is 0.00000200. The van der Waals surface area contributed by atoms with Crippen LogP contribution in [0.2, 0.25) is 5.02 Å². The highest BCUT2D eigenvalue weighted by atomic mass is 35.5. The predicted molar refractivity (Wildman–Crippen MR) is 91.3 cm³/mol. The van der Waals surface area contributed by atoms with Gasteiger partial charge in [-0.05, 0) is 63.5 Å². The van der Waals surface area contributed by atoms with Crippen LogP contribution in [0.25, 0.3) is 0 Å². The van der Waals surface area contributed by atoms with Crippen molar-refractivity contribution in [3.63, 3.8) is 0 Å². The monoisotopic (exact) mass is 315 g/mol. The summed E-state index contributed by atoms with van der Waals surface area (Å²) in [6, 6.07) is 7.23. The lowest BCUT2D eigenvalue weighted by Crippen LogP contribution is -2.52. The van der Waals surface area contributed by atoms with E-state index in [0.717, 1.165) is 5.02 Å². The van der Waals surface area contributed by atoms with Gasteiger partial charge in [-0.2, -0.15) is 0 Å². The molecular formula is C17H27Cl2N. The van der Waals surface area contributed by atoms with E-state index in [1.54, 1.807) is 0 Å². The van der Waals surface area contributed by atoms with Crippen LogP contribution in [-0.4, -0.2) is 25.0 Å². The normalized spacial score (nSPS) is 18.3. The summed E-state index contributed by atoms with van der Waals surface area (Å²) < 4.78 is 0. The first-order valence-electron chi connectivity index (χ1n) is 7.43. The Hall–Kier alpha value is -0.240. The van der Waals surface area contributed by atoms with Gasteiger partial charge in [0.1, 0.15) is 0 Å². The fourth-order valence-electron chi connectivity index (χ4n) is 3.70. The quantitative estimate of drug-likeness (QED) is 0.719. The number of halogens is 2. The molecule has 20 heavy (non-hydrogen) atoms. The number of rotatable bonds is 5. The van der Waals surface area contributed by atoms with Crippen molar-refractivity contribution < 1.29 is 0 Å². The van der Waals surface area contributed by atoms with Crippen LogP contribution in [0.3, 0.4) is 0 Å². The summed E-state index contributed by atoms with van der Waals surface area (Å²) in [4.78, 5) is 2.42. The highest BCUT2D eigenvalue weighted by molar-refractivity contribution is 6.30. The molecule has 0 heterocycles. The molecule has 1 fully saturated rings. The summed E-state index contributed by atoms with van der Waals surface area (Å²) in [5.74, 6) is 0. The lowest BCUT2D eigenvalue weighted by Gasteiger charge is -2.51. The van der Waals surface area contributed by atoms with Crippen molar-refractivity contribution in [3.05, 3.63) is 34.3 Å². The van der Waals surface area contributed by atoms with Crippen LogP contribution < -0.4 is 0 Å². The second-order valence-corrected chi connectivity index (χ2v) is 6.73. The number of hydrogen-bond donors (Lipinski definition) is 0. The van der Waals surface area contributed by atoms with Crippen LogP contribution in [0, 0.1) is 6.92 Å². The van der Waals surface area contributed by atoms with E-state index in [2.05, 4.69) is 51.0 Å². The fourth-order valence-corrected chi connectivity index (χ4v) is 3.99. The Morgan fingerprint density at radius 2 is 1.90 bits per heavy atom. The summed E-state index contributed by atoms with van der Waals surface area (Å²) in [6.07, 6.45) is 6.45. The van der Waals surface area contributed by atoms with Gasteiger partial charge in [-0.15, -0.1) is 12.4 Å². The van der Waals surface area contributed by atoms with Gasteiger partial charge in [-0.25, -0.2) is 0 Å². The van der Waals surface area contributed by atoms with E-state index in [0.29, 0.717) is 11.5 Å². The maximum Gasteiger partial charge on any atom is 0.0411 e. The van der Waals surface area contributed by atoms with E-state index in [4.69, 9.17) is 11.6 Å². The first kappa shape index (κ1) is 17.8. The van der Waals surface area contributed by atoms with E-state index in [9.17, 15) is 0 Å². The van der Waals surface area contributed by atoms with Crippen LogP contribution in [0.15, 0.2) is 18.2 Å². The molecule has 1 aliphatic carbocycles. The zero-order chi connectivity index (χ0) is 14.0. The average Bonchev–Trinajstić information content (AvgIpc) is 2.25. The van der Waals surface area contributed by atoms with E-state index in [1.807, 2.05) is 0 Å². The molecule has 2 rings (SSSR count). The minimum atomic E-state index is 0. The molecule has 1 unspecified atom stereocenters. The molecule has 0 amide bonds. The third kappa shape index (κ3) is 3.32. The lowest BCUT2D eigenvalue weighted by molar-refractivity contribution is 0.0895. The standard InChI is InChI=1S/C17H26ClN.ClH/c1-5-7-16(19(3)4)17(8-6-9-17)14-10-13(2)11-15(18)12-14;/h10-12,16H,5-9H2,1-4H3;1H. The van der Waals surface area contributed by atoms with Crippen molar-refractivity contribution in [1.29, 1.82) is 0 Å². The van der Waals surface area contributed by atoms with Crippen LogP contribution in [-0.2, 0) is 5.41 Å². The zero-order valence-electron chi connectivity index (χ0n) is 13.1. The fraction of sp³-hybridized carbons (Fsp3) is 0.647. The molecule has 1 aromatic carbocycles. The van der Waals surface area contributed by atoms with Crippen molar-refractivity contribution in [2.24, 2.45) is 0 Å². The average molecular weight is 316 g/mol. The van der Waals surface area contributed by atoms with Crippen LogP contribution >= 0.6 is 24.0 Å². The molecule has 1 atom stereocenters. The summed E-state index contributed by atoms with van der Waals surface area (Å²) >= 11 is 6.28. The third-order valence-electron chi connectivity index (χ3n) is 4.69. The van der Waals surface area contributed by atoms with E-state index in [1.165, 1.54) is 43.2 Å². The first-order valence-corrected chi connectivity index (χ1v) is 7.81. The second kappa shape index (κ2) is 7.15. The number of hydrogen-bond acceptors (Lipinski definition) is 1. The van der Waals surface area contributed by atoms with Gasteiger partial charge in [0.2, 0.25) is 0 Å². The number of aryl methyl sites for hydroxylation is 1. The summed E-state index contributed by atoms with van der Waals surface area (Å²) in [7, 11) is 4.44. The number of likely N-dealkylation sites (N-methyl/N-ethyl adjacent to an activating group) is 1.